The van der Waals surface area contributed by atoms with Gasteiger partial charge in [-0.05, 0) is 41.8 Å². The first-order chi connectivity index (χ1) is 10.9. The first-order valence-electron chi connectivity index (χ1n) is 7.89. The minimum Gasteiger partial charge on any atom is -0.326 e. The summed E-state index contributed by atoms with van der Waals surface area (Å²) in [7, 11) is 0. The highest BCUT2D eigenvalue weighted by molar-refractivity contribution is 5.94. The number of para-hydroxylation sites is 1. The number of carbonyl (C=O) groups excluding carboxylic acids is 1. The van der Waals surface area contributed by atoms with Crippen LogP contribution in [0.15, 0.2) is 60.8 Å². The fourth-order valence-electron chi connectivity index (χ4n) is 2.72. The lowest BCUT2D eigenvalue weighted by atomic mass is 9.92. The van der Waals surface area contributed by atoms with Crippen LogP contribution in [0.3, 0.4) is 0 Å². The van der Waals surface area contributed by atoms with Gasteiger partial charge in [0.1, 0.15) is 0 Å². The van der Waals surface area contributed by atoms with E-state index < -0.39 is 0 Å². The number of nitrogens with zero attached hydrogens (tertiary/aromatic N) is 1. The van der Waals surface area contributed by atoms with Gasteiger partial charge >= 0.3 is 0 Å². The molecule has 0 aliphatic carbocycles. The number of fused-ring (bicyclic) bond motifs is 1. The van der Waals surface area contributed by atoms with Gasteiger partial charge in [0, 0.05) is 29.4 Å². The fourth-order valence-corrected chi connectivity index (χ4v) is 2.72. The molecular weight excluding hydrogens is 284 g/mol. The molecule has 23 heavy (non-hydrogen) atoms. The minimum atomic E-state index is -0.00910. The van der Waals surface area contributed by atoms with Crippen LogP contribution in [0, 0.1) is 5.41 Å². The van der Waals surface area contributed by atoms with Crippen molar-refractivity contribution in [3.05, 3.63) is 60.8 Å². The Morgan fingerprint density at radius 3 is 2.48 bits per heavy atom. The first kappa shape index (κ1) is 15.3. The van der Waals surface area contributed by atoms with Crippen LogP contribution in [-0.2, 0) is 4.79 Å². The Balaban J connectivity index is 1.86. The third kappa shape index (κ3) is 3.62. The van der Waals surface area contributed by atoms with E-state index in [0.29, 0.717) is 6.42 Å². The molecule has 3 aromatic rings. The van der Waals surface area contributed by atoms with Gasteiger partial charge in [-0.25, -0.2) is 0 Å². The fraction of sp³-hybridized carbons (Fsp3) is 0.250. The molecule has 1 N–H and O–H groups in total. The zero-order chi connectivity index (χ0) is 16.4. The lowest BCUT2D eigenvalue weighted by molar-refractivity contribution is -0.117. The Kier molecular flexibility index (Phi) is 3.95. The predicted octanol–water partition coefficient (Wildman–Crippen LogP) is 5.01. The van der Waals surface area contributed by atoms with E-state index >= 15 is 0 Å². The molecule has 3 nitrogen and oxygen atoms in total. The first-order valence-corrected chi connectivity index (χ1v) is 7.89. The molecule has 3 rings (SSSR count). The van der Waals surface area contributed by atoms with Crippen molar-refractivity contribution < 1.29 is 4.79 Å². The Morgan fingerprint density at radius 2 is 1.78 bits per heavy atom. The van der Waals surface area contributed by atoms with E-state index in [2.05, 4.69) is 61.1 Å². The maximum Gasteiger partial charge on any atom is 0.224 e. The third-order valence-corrected chi connectivity index (χ3v) is 3.70. The summed E-state index contributed by atoms with van der Waals surface area (Å²) in [6.45, 7) is 6.20. The average Bonchev–Trinajstić information content (AvgIpc) is 2.89. The van der Waals surface area contributed by atoms with Crippen LogP contribution in [0.1, 0.15) is 27.2 Å². The highest BCUT2D eigenvalue weighted by atomic mass is 16.1. The Labute approximate surface area is 136 Å². The Morgan fingerprint density at radius 1 is 1.04 bits per heavy atom. The van der Waals surface area contributed by atoms with Crippen molar-refractivity contribution in [3.8, 4) is 5.69 Å². The van der Waals surface area contributed by atoms with E-state index in [1.807, 2.05) is 30.3 Å². The molecule has 3 heteroatoms. The highest BCUT2D eigenvalue weighted by Gasteiger charge is 2.16. The van der Waals surface area contributed by atoms with E-state index in [0.717, 1.165) is 22.3 Å². The molecular formula is C20H22N2O. The number of hydrogen-bond donors (Lipinski definition) is 1. The molecule has 0 spiro atoms. The van der Waals surface area contributed by atoms with Gasteiger partial charge in [-0.1, -0.05) is 39.0 Å². The van der Waals surface area contributed by atoms with Crippen molar-refractivity contribution in [2.75, 3.05) is 5.32 Å². The third-order valence-electron chi connectivity index (χ3n) is 3.70. The quantitative estimate of drug-likeness (QED) is 0.725. The summed E-state index contributed by atoms with van der Waals surface area (Å²) in [5.74, 6) is 0.0549. The normalized spacial score (nSPS) is 11.6. The van der Waals surface area contributed by atoms with Gasteiger partial charge in [-0.2, -0.15) is 0 Å². The zero-order valence-corrected chi connectivity index (χ0v) is 13.8. The molecule has 1 amide bonds. The van der Waals surface area contributed by atoms with E-state index in [9.17, 15) is 4.79 Å². The van der Waals surface area contributed by atoms with E-state index in [4.69, 9.17) is 0 Å². The number of carbonyl (C=O) groups is 1. The molecule has 0 unspecified atom stereocenters. The van der Waals surface area contributed by atoms with Crippen molar-refractivity contribution in [1.82, 2.24) is 4.57 Å². The Bertz CT molecular complexity index is 826. The molecule has 0 saturated heterocycles. The second-order valence-electron chi connectivity index (χ2n) is 7.08. The van der Waals surface area contributed by atoms with E-state index in [1.54, 1.807) is 0 Å². The van der Waals surface area contributed by atoms with Crippen LogP contribution < -0.4 is 5.32 Å². The molecule has 0 bridgehead atoms. The molecule has 2 aromatic carbocycles. The molecule has 1 heterocycles. The van der Waals surface area contributed by atoms with Crippen LogP contribution >= 0.6 is 0 Å². The van der Waals surface area contributed by atoms with E-state index in [1.165, 1.54) is 0 Å². The number of rotatable bonds is 3. The second-order valence-corrected chi connectivity index (χ2v) is 7.08. The van der Waals surface area contributed by atoms with Crippen molar-refractivity contribution in [1.29, 1.82) is 0 Å². The van der Waals surface area contributed by atoms with Crippen LogP contribution in [0.4, 0.5) is 5.69 Å². The van der Waals surface area contributed by atoms with Gasteiger partial charge in [0.05, 0.1) is 5.52 Å². The SMILES string of the molecule is CC(C)(C)CC(=O)Nc1ccc2c(ccn2-c2ccccc2)c1. The van der Waals surface area contributed by atoms with Gasteiger partial charge in [-0.15, -0.1) is 0 Å². The number of benzene rings is 2. The lowest BCUT2D eigenvalue weighted by Gasteiger charge is -2.17. The van der Waals surface area contributed by atoms with Crippen LogP contribution in [-0.4, -0.2) is 10.5 Å². The Hall–Kier alpha value is -2.55. The molecule has 0 aliphatic heterocycles. The summed E-state index contributed by atoms with van der Waals surface area (Å²) < 4.78 is 2.15. The minimum absolute atomic E-state index is 0.00910. The lowest BCUT2D eigenvalue weighted by Crippen LogP contribution is -2.19. The van der Waals surface area contributed by atoms with E-state index in [-0.39, 0.29) is 11.3 Å². The van der Waals surface area contributed by atoms with Crippen molar-refractivity contribution in [2.24, 2.45) is 5.41 Å². The maximum absolute atomic E-state index is 12.1. The maximum atomic E-state index is 12.1. The summed E-state index contributed by atoms with van der Waals surface area (Å²) in [6.07, 6.45) is 2.57. The van der Waals surface area contributed by atoms with Gasteiger partial charge in [-0.3, -0.25) is 4.79 Å². The molecule has 118 valence electrons. The van der Waals surface area contributed by atoms with Crippen LogP contribution in [0.2, 0.25) is 0 Å². The van der Waals surface area contributed by atoms with Crippen LogP contribution in [0.5, 0.6) is 0 Å². The molecule has 0 atom stereocenters. The smallest absolute Gasteiger partial charge is 0.224 e. The summed E-state index contributed by atoms with van der Waals surface area (Å²) in [4.78, 5) is 12.1. The van der Waals surface area contributed by atoms with Crippen molar-refractivity contribution >= 4 is 22.5 Å². The summed E-state index contributed by atoms with van der Waals surface area (Å²) in [5, 5.41) is 4.10. The second kappa shape index (κ2) is 5.92. The van der Waals surface area contributed by atoms with Crippen LogP contribution in [0.25, 0.3) is 16.6 Å². The van der Waals surface area contributed by atoms with Gasteiger partial charge in [0.25, 0.3) is 0 Å². The van der Waals surface area contributed by atoms with Gasteiger partial charge in [0.2, 0.25) is 5.91 Å². The molecule has 0 fully saturated rings. The summed E-state index contributed by atoms with van der Waals surface area (Å²) >= 11 is 0. The number of hydrogen-bond acceptors (Lipinski definition) is 1. The largest absolute Gasteiger partial charge is 0.326 e. The monoisotopic (exact) mass is 306 g/mol. The van der Waals surface area contributed by atoms with Gasteiger partial charge in [0.15, 0.2) is 0 Å². The number of anilines is 1. The highest BCUT2D eigenvalue weighted by Crippen LogP contribution is 2.25. The number of aromatic nitrogens is 1. The van der Waals surface area contributed by atoms with Gasteiger partial charge < -0.3 is 9.88 Å². The number of amides is 1. The molecule has 0 saturated carbocycles. The predicted molar refractivity (Wildman–Crippen MR) is 96.0 cm³/mol. The van der Waals surface area contributed by atoms with Crippen molar-refractivity contribution in [3.63, 3.8) is 0 Å². The summed E-state index contributed by atoms with van der Waals surface area (Å²) in [5.41, 5.74) is 3.10. The topological polar surface area (TPSA) is 34.0 Å². The molecule has 0 aliphatic rings. The number of nitrogens with one attached hydrogen (secondary N) is 1. The average molecular weight is 306 g/mol. The summed E-state index contributed by atoms with van der Waals surface area (Å²) in [6, 6.07) is 18.3. The zero-order valence-electron chi connectivity index (χ0n) is 13.8. The standard InChI is InChI=1S/C20H22N2O/c1-20(2,3)14-19(23)21-16-9-10-18-15(13-16)11-12-22(18)17-7-5-4-6-8-17/h4-13H,14H2,1-3H3,(H,21,23). The molecule has 1 aromatic heterocycles. The van der Waals surface area contributed by atoms with Crippen molar-refractivity contribution in [2.45, 2.75) is 27.2 Å². The molecule has 0 radical (unpaired) electrons.